The largest absolute Gasteiger partial charge is 0.357 e. The van der Waals surface area contributed by atoms with Gasteiger partial charge in [-0.05, 0) is 42.8 Å². The Hall–Kier alpha value is -2.15. The van der Waals surface area contributed by atoms with Crippen LogP contribution in [0.5, 0.6) is 0 Å². The molecule has 1 fully saturated rings. The third-order valence-corrected chi connectivity index (χ3v) is 5.41. The van der Waals surface area contributed by atoms with Gasteiger partial charge < -0.3 is 10.2 Å². The first-order valence-corrected chi connectivity index (χ1v) is 8.52. The first-order chi connectivity index (χ1) is 11.1. The van der Waals surface area contributed by atoms with Crippen LogP contribution in [0.25, 0.3) is 0 Å². The van der Waals surface area contributed by atoms with Gasteiger partial charge in [0, 0.05) is 26.0 Å². The van der Waals surface area contributed by atoms with Gasteiger partial charge in [-0.25, -0.2) is 0 Å². The maximum Gasteiger partial charge on any atom is 0.264 e. The Bertz CT molecular complexity index is 709. The van der Waals surface area contributed by atoms with Crippen LogP contribution in [0.2, 0.25) is 0 Å². The predicted molar refractivity (Wildman–Crippen MR) is 88.5 cm³/mol. The van der Waals surface area contributed by atoms with Gasteiger partial charge in [0.05, 0.1) is 11.4 Å². The number of rotatable bonds is 3. The smallest absolute Gasteiger partial charge is 0.264 e. The van der Waals surface area contributed by atoms with E-state index in [9.17, 15) is 9.59 Å². The predicted octanol–water partition coefficient (Wildman–Crippen LogP) is 1.63. The highest BCUT2D eigenvalue weighted by Crippen LogP contribution is 2.30. The maximum atomic E-state index is 12.8. The summed E-state index contributed by atoms with van der Waals surface area (Å²) in [4.78, 5) is 28.0. The molecule has 2 aromatic heterocycles. The SMILES string of the molecule is CNC(=O)C1(n2cccn2)CCCN(C(=O)c2sccc2C)C1. The molecule has 0 aliphatic carbocycles. The number of amides is 2. The molecule has 122 valence electrons. The first kappa shape index (κ1) is 15.7. The lowest BCUT2D eigenvalue weighted by atomic mass is 9.87. The number of aryl methyl sites for hydroxylation is 1. The fourth-order valence-electron chi connectivity index (χ4n) is 3.18. The van der Waals surface area contributed by atoms with Gasteiger partial charge in [0.25, 0.3) is 5.91 Å². The van der Waals surface area contributed by atoms with Crippen molar-refractivity contribution >= 4 is 23.2 Å². The Morgan fingerprint density at radius 1 is 1.43 bits per heavy atom. The zero-order valence-electron chi connectivity index (χ0n) is 13.3. The third-order valence-electron chi connectivity index (χ3n) is 4.41. The normalized spacial score (nSPS) is 21.2. The molecule has 2 amide bonds. The second kappa shape index (κ2) is 6.16. The fraction of sp³-hybridized carbons (Fsp3) is 0.438. The number of likely N-dealkylation sites (N-methyl/N-ethyl adjacent to an activating group) is 1. The van der Waals surface area contributed by atoms with Crippen LogP contribution in [-0.4, -0.2) is 46.6 Å². The van der Waals surface area contributed by atoms with Crippen molar-refractivity contribution in [2.75, 3.05) is 20.1 Å². The number of carbonyl (C=O) groups excluding carboxylic acids is 2. The number of likely N-dealkylation sites (tertiary alicyclic amines) is 1. The van der Waals surface area contributed by atoms with Crippen molar-refractivity contribution < 1.29 is 9.59 Å². The number of thiophene rings is 1. The number of aromatic nitrogens is 2. The van der Waals surface area contributed by atoms with Crippen LogP contribution >= 0.6 is 11.3 Å². The summed E-state index contributed by atoms with van der Waals surface area (Å²) < 4.78 is 1.69. The quantitative estimate of drug-likeness (QED) is 0.929. The Kier molecular flexibility index (Phi) is 4.21. The lowest BCUT2D eigenvalue weighted by molar-refractivity contribution is -0.132. The van der Waals surface area contributed by atoms with Crippen molar-refractivity contribution in [2.24, 2.45) is 0 Å². The highest BCUT2D eigenvalue weighted by atomic mass is 32.1. The van der Waals surface area contributed by atoms with Crippen LogP contribution in [0.4, 0.5) is 0 Å². The van der Waals surface area contributed by atoms with Gasteiger partial charge in [0.15, 0.2) is 5.54 Å². The first-order valence-electron chi connectivity index (χ1n) is 7.64. The van der Waals surface area contributed by atoms with E-state index < -0.39 is 5.54 Å². The van der Waals surface area contributed by atoms with Crippen LogP contribution < -0.4 is 5.32 Å². The molecule has 1 aliphatic rings. The number of piperidine rings is 1. The van der Waals surface area contributed by atoms with Crippen molar-refractivity contribution in [3.63, 3.8) is 0 Å². The van der Waals surface area contributed by atoms with E-state index >= 15 is 0 Å². The van der Waals surface area contributed by atoms with E-state index in [4.69, 9.17) is 0 Å². The number of hydrogen-bond donors (Lipinski definition) is 1. The summed E-state index contributed by atoms with van der Waals surface area (Å²) in [6.45, 7) is 2.94. The second-order valence-electron chi connectivity index (χ2n) is 5.82. The molecule has 1 N–H and O–H groups in total. The van der Waals surface area contributed by atoms with Crippen molar-refractivity contribution in [3.8, 4) is 0 Å². The molecule has 0 aromatic carbocycles. The van der Waals surface area contributed by atoms with Crippen molar-refractivity contribution in [3.05, 3.63) is 40.3 Å². The summed E-state index contributed by atoms with van der Waals surface area (Å²) in [5.74, 6) is -0.112. The van der Waals surface area contributed by atoms with Crippen LogP contribution in [0, 0.1) is 6.92 Å². The minimum atomic E-state index is -0.836. The molecule has 7 heteroatoms. The molecule has 1 unspecified atom stereocenters. The molecule has 0 radical (unpaired) electrons. The standard InChI is InChI=1S/C16H20N4O2S/c1-12-5-10-23-13(12)14(21)19-8-3-6-16(11-19,15(22)17-2)20-9-4-7-18-20/h4-5,7,9-10H,3,6,8,11H2,1-2H3,(H,17,22). The monoisotopic (exact) mass is 332 g/mol. The molecule has 1 atom stereocenters. The van der Waals surface area contributed by atoms with Gasteiger partial charge in [0.2, 0.25) is 5.91 Å². The average molecular weight is 332 g/mol. The third kappa shape index (κ3) is 2.65. The molecule has 1 aliphatic heterocycles. The summed E-state index contributed by atoms with van der Waals surface area (Å²) >= 11 is 1.45. The van der Waals surface area contributed by atoms with Gasteiger partial charge in [0.1, 0.15) is 0 Å². The Morgan fingerprint density at radius 3 is 2.87 bits per heavy atom. The van der Waals surface area contributed by atoms with Gasteiger partial charge in [-0.15, -0.1) is 11.3 Å². The number of carbonyl (C=O) groups is 2. The summed E-state index contributed by atoms with van der Waals surface area (Å²) in [5, 5.41) is 8.93. The van der Waals surface area contributed by atoms with Crippen LogP contribution in [0.1, 0.15) is 28.1 Å². The van der Waals surface area contributed by atoms with Gasteiger partial charge in [-0.2, -0.15) is 5.10 Å². The van der Waals surface area contributed by atoms with E-state index in [0.29, 0.717) is 19.5 Å². The van der Waals surface area contributed by atoms with E-state index in [0.717, 1.165) is 16.9 Å². The number of nitrogens with zero attached hydrogens (tertiary/aromatic N) is 3. The lowest BCUT2D eigenvalue weighted by Gasteiger charge is -2.41. The highest BCUT2D eigenvalue weighted by molar-refractivity contribution is 7.12. The Morgan fingerprint density at radius 2 is 2.26 bits per heavy atom. The molecule has 6 nitrogen and oxygen atoms in total. The highest BCUT2D eigenvalue weighted by Gasteiger charge is 2.45. The average Bonchev–Trinajstić information content (AvgIpc) is 3.25. The molecule has 0 saturated carbocycles. The Labute approximate surface area is 139 Å². The van der Waals surface area contributed by atoms with E-state index in [1.54, 1.807) is 35.1 Å². The van der Waals surface area contributed by atoms with Crippen molar-refractivity contribution in [2.45, 2.75) is 25.3 Å². The minimum Gasteiger partial charge on any atom is -0.357 e. The van der Waals surface area contributed by atoms with Gasteiger partial charge in [-0.1, -0.05) is 0 Å². The van der Waals surface area contributed by atoms with Crippen LogP contribution in [0.15, 0.2) is 29.9 Å². The van der Waals surface area contributed by atoms with Gasteiger partial charge in [-0.3, -0.25) is 14.3 Å². The second-order valence-corrected chi connectivity index (χ2v) is 6.74. The molecule has 0 spiro atoms. The Balaban J connectivity index is 1.93. The van der Waals surface area contributed by atoms with E-state index in [2.05, 4.69) is 10.4 Å². The molecule has 0 bridgehead atoms. The van der Waals surface area contributed by atoms with E-state index in [-0.39, 0.29) is 11.8 Å². The zero-order valence-corrected chi connectivity index (χ0v) is 14.1. The molecular weight excluding hydrogens is 312 g/mol. The zero-order chi connectivity index (χ0) is 16.4. The molecule has 3 rings (SSSR count). The summed E-state index contributed by atoms with van der Waals surface area (Å²) in [7, 11) is 1.62. The summed E-state index contributed by atoms with van der Waals surface area (Å²) in [6.07, 6.45) is 4.89. The molecular formula is C16H20N4O2S. The van der Waals surface area contributed by atoms with Crippen molar-refractivity contribution in [1.29, 1.82) is 0 Å². The number of nitrogens with one attached hydrogen (secondary N) is 1. The lowest BCUT2D eigenvalue weighted by Crippen LogP contribution is -2.59. The fourth-order valence-corrected chi connectivity index (χ4v) is 4.07. The summed E-state index contributed by atoms with van der Waals surface area (Å²) in [6, 6.07) is 3.75. The van der Waals surface area contributed by atoms with E-state index in [1.165, 1.54) is 11.3 Å². The topological polar surface area (TPSA) is 67.2 Å². The molecule has 23 heavy (non-hydrogen) atoms. The number of hydrogen-bond acceptors (Lipinski definition) is 4. The van der Waals surface area contributed by atoms with Crippen LogP contribution in [-0.2, 0) is 10.3 Å². The van der Waals surface area contributed by atoms with E-state index in [1.807, 2.05) is 18.4 Å². The molecule has 3 heterocycles. The minimum absolute atomic E-state index is 0.00219. The molecule has 1 saturated heterocycles. The van der Waals surface area contributed by atoms with Gasteiger partial charge >= 0.3 is 0 Å². The molecule has 2 aromatic rings. The maximum absolute atomic E-state index is 12.8. The van der Waals surface area contributed by atoms with Crippen molar-refractivity contribution in [1.82, 2.24) is 20.0 Å². The summed E-state index contributed by atoms with van der Waals surface area (Å²) in [5.41, 5.74) is 0.146. The van der Waals surface area contributed by atoms with Crippen LogP contribution in [0.3, 0.4) is 0 Å².